The van der Waals surface area contributed by atoms with Crippen molar-refractivity contribution in [3.63, 3.8) is 0 Å². The van der Waals surface area contributed by atoms with E-state index in [2.05, 4.69) is 35.9 Å². The van der Waals surface area contributed by atoms with Crippen molar-refractivity contribution >= 4 is 51.3 Å². The van der Waals surface area contributed by atoms with Gasteiger partial charge in [0.1, 0.15) is 0 Å². The standard InChI is InChI=1S/C21H30N4O2S2.HI/c1-3-22-21(24-16-20-17(2)11-14-28-20)23-15-18-9-12-25(13-10-18)29(26,27)19-7-5-4-6-8-19;/h4-8,11,14,18H,3,9-10,12-13,15-16H2,1-2H3,(H2,22,23,24);1H. The van der Waals surface area contributed by atoms with Crippen LogP contribution in [0, 0.1) is 12.8 Å². The molecule has 1 fully saturated rings. The molecule has 0 unspecified atom stereocenters. The van der Waals surface area contributed by atoms with Gasteiger partial charge in [-0.1, -0.05) is 18.2 Å². The SMILES string of the molecule is CCNC(=NCc1sccc1C)NCC1CCN(S(=O)(=O)c2ccccc2)CC1.I. The molecule has 3 rings (SSSR count). The first-order valence-corrected chi connectivity index (χ1v) is 12.4. The average molecular weight is 563 g/mol. The van der Waals surface area contributed by atoms with Crippen LogP contribution in [0.1, 0.15) is 30.2 Å². The molecule has 2 N–H and O–H groups in total. The minimum absolute atomic E-state index is 0. The van der Waals surface area contributed by atoms with Crippen LogP contribution in [0.15, 0.2) is 51.7 Å². The lowest BCUT2D eigenvalue weighted by Crippen LogP contribution is -2.44. The molecular weight excluding hydrogens is 531 g/mol. The van der Waals surface area contributed by atoms with Gasteiger partial charge in [-0.25, -0.2) is 13.4 Å². The normalized spacial score (nSPS) is 16.1. The van der Waals surface area contributed by atoms with Gasteiger partial charge in [0, 0.05) is 31.1 Å². The molecule has 0 spiro atoms. The third-order valence-corrected chi connectivity index (χ3v) is 8.13. The summed E-state index contributed by atoms with van der Waals surface area (Å²) >= 11 is 1.73. The van der Waals surface area contributed by atoms with Gasteiger partial charge in [0.25, 0.3) is 0 Å². The molecule has 0 radical (unpaired) electrons. The Morgan fingerprint density at radius 1 is 1.17 bits per heavy atom. The molecule has 9 heteroatoms. The van der Waals surface area contributed by atoms with E-state index in [4.69, 9.17) is 4.99 Å². The number of halogens is 1. The molecule has 1 saturated heterocycles. The molecule has 2 heterocycles. The number of nitrogens with one attached hydrogen (secondary N) is 2. The maximum atomic E-state index is 12.8. The van der Waals surface area contributed by atoms with Crippen molar-refractivity contribution in [1.29, 1.82) is 0 Å². The summed E-state index contributed by atoms with van der Waals surface area (Å²) in [5.41, 5.74) is 1.28. The summed E-state index contributed by atoms with van der Waals surface area (Å²) in [5, 5.41) is 8.82. The van der Waals surface area contributed by atoms with Crippen LogP contribution in [-0.4, -0.2) is 44.9 Å². The molecule has 30 heavy (non-hydrogen) atoms. The lowest BCUT2D eigenvalue weighted by Gasteiger charge is -2.31. The van der Waals surface area contributed by atoms with E-state index in [0.717, 1.165) is 31.9 Å². The number of hydrogen-bond acceptors (Lipinski definition) is 4. The lowest BCUT2D eigenvalue weighted by molar-refractivity contribution is 0.273. The maximum absolute atomic E-state index is 12.8. The Hall–Kier alpha value is -1.17. The third-order valence-electron chi connectivity index (χ3n) is 5.21. The van der Waals surface area contributed by atoms with E-state index < -0.39 is 10.0 Å². The number of sulfonamides is 1. The van der Waals surface area contributed by atoms with Crippen molar-refractivity contribution in [1.82, 2.24) is 14.9 Å². The van der Waals surface area contributed by atoms with Gasteiger partial charge in [0.05, 0.1) is 11.4 Å². The van der Waals surface area contributed by atoms with E-state index in [-0.39, 0.29) is 24.0 Å². The second-order valence-electron chi connectivity index (χ2n) is 7.26. The Labute approximate surface area is 201 Å². The molecule has 1 aromatic carbocycles. The number of nitrogens with zero attached hydrogens (tertiary/aromatic N) is 2. The van der Waals surface area contributed by atoms with Gasteiger partial charge in [-0.2, -0.15) is 4.31 Å². The van der Waals surface area contributed by atoms with Crippen LogP contribution in [0.4, 0.5) is 0 Å². The molecule has 0 amide bonds. The number of aryl methyl sites for hydroxylation is 1. The summed E-state index contributed by atoms with van der Waals surface area (Å²) in [6, 6.07) is 10.8. The summed E-state index contributed by atoms with van der Waals surface area (Å²) in [6.45, 7) is 7.57. The van der Waals surface area contributed by atoms with Crippen molar-refractivity contribution in [3.8, 4) is 0 Å². The summed E-state index contributed by atoms with van der Waals surface area (Å²) in [6.07, 6.45) is 1.70. The molecule has 0 atom stereocenters. The highest BCUT2D eigenvalue weighted by atomic mass is 127. The highest BCUT2D eigenvalue weighted by molar-refractivity contribution is 14.0. The van der Waals surface area contributed by atoms with Crippen molar-refractivity contribution in [2.45, 2.75) is 38.1 Å². The molecule has 0 saturated carbocycles. The predicted molar refractivity (Wildman–Crippen MR) is 135 cm³/mol. The quantitative estimate of drug-likeness (QED) is 0.306. The second-order valence-corrected chi connectivity index (χ2v) is 10.2. The van der Waals surface area contributed by atoms with E-state index in [1.807, 2.05) is 6.07 Å². The van der Waals surface area contributed by atoms with Crippen molar-refractivity contribution in [3.05, 3.63) is 52.2 Å². The minimum Gasteiger partial charge on any atom is -0.357 e. The van der Waals surface area contributed by atoms with Gasteiger partial charge in [-0.3, -0.25) is 0 Å². The maximum Gasteiger partial charge on any atom is 0.243 e. The first-order chi connectivity index (χ1) is 14.0. The van der Waals surface area contributed by atoms with Crippen molar-refractivity contribution < 1.29 is 8.42 Å². The molecule has 6 nitrogen and oxygen atoms in total. The number of benzene rings is 1. The van der Waals surface area contributed by atoms with Gasteiger partial charge in [0.15, 0.2) is 5.96 Å². The van der Waals surface area contributed by atoms with E-state index in [1.165, 1.54) is 10.4 Å². The highest BCUT2D eigenvalue weighted by Crippen LogP contribution is 2.23. The number of piperidine rings is 1. The molecule has 1 aliphatic rings. The van der Waals surface area contributed by atoms with Crippen LogP contribution in [0.25, 0.3) is 0 Å². The Kier molecular flexibility index (Phi) is 10.1. The van der Waals surface area contributed by atoms with Crippen LogP contribution in [0.3, 0.4) is 0 Å². The van der Waals surface area contributed by atoms with Gasteiger partial charge in [-0.05, 0) is 61.7 Å². The topological polar surface area (TPSA) is 73.8 Å². The fraction of sp³-hybridized carbons (Fsp3) is 0.476. The fourth-order valence-corrected chi connectivity index (χ4v) is 5.72. The van der Waals surface area contributed by atoms with E-state index >= 15 is 0 Å². The predicted octanol–water partition coefficient (Wildman–Crippen LogP) is 3.83. The Bertz CT molecular complexity index is 908. The highest BCUT2D eigenvalue weighted by Gasteiger charge is 2.29. The number of thiophene rings is 1. The molecule has 0 bridgehead atoms. The van der Waals surface area contributed by atoms with Gasteiger partial charge >= 0.3 is 0 Å². The molecule has 0 aliphatic carbocycles. The minimum atomic E-state index is -3.39. The van der Waals surface area contributed by atoms with Crippen molar-refractivity contribution in [2.75, 3.05) is 26.2 Å². The number of rotatable bonds is 7. The Morgan fingerprint density at radius 3 is 2.47 bits per heavy atom. The zero-order valence-electron chi connectivity index (χ0n) is 17.5. The zero-order chi connectivity index (χ0) is 20.7. The average Bonchev–Trinajstić information content (AvgIpc) is 3.16. The van der Waals surface area contributed by atoms with Gasteiger partial charge < -0.3 is 10.6 Å². The van der Waals surface area contributed by atoms with E-state index in [9.17, 15) is 8.42 Å². The third kappa shape index (κ3) is 6.66. The summed E-state index contributed by atoms with van der Waals surface area (Å²) in [4.78, 5) is 6.35. The Morgan fingerprint density at radius 2 is 1.87 bits per heavy atom. The van der Waals surface area contributed by atoms with Crippen molar-refractivity contribution in [2.24, 2.45) is 10.9 Å². The molecular formula is C21H31IN4O2S2. The molecule has 1 aliphatic heterocycles. The number of aliphatic imine (C=N–C) groups is 1. The number of guanidine groups is 1. The first kappa shape index (κ1) is 25.1. The van der Waals surface area contributed by atoms with E-state index in [1.54, 1.807) is 39.9 Å². The van der Waals surface area contributed by atoms with Crippen LogP contribution in [0.5, 0.6) is 0 Å². The fourth-order valence-electron chi connectivity index (χ4n) is 3.39. The van der Waals surface area contributed by atoms with Crippen LogP contribution < -0.4 is 10.6 Å². The first-order valence-electron chi connectivity index (χ1n) is 10.1. The summed E-state index contributed by atoms with van der Waals surface area (Å²) in [7, 11) is -3.39. The zero-order valence-corrected chi connectivity index (χ0v) is 21.5. The summed E-state index contributed by atoms with van der Waals surface area (Å²) < 4.78 is 27.1. The largest absolute Gasteiger partial charge is 0.357 e. The number of hydrogen-bond donors (Lipinski definition) is 2. The second kappa shape index (κ2) is 12.0. The van der Waals surface area contributed by atoms with Crippen LogP contribution >= 0.6 is 35.3 Å². The van der Waals surface area contributed by atoms with Crippen LogP contribution in [-0.2, 0) is 16.6 Å². The van der Waals surface area contributed by atoms with Gasteiger partial charge in [-0.15, -0.1) is 35.3 Å². The summed E-state index contributed by atoms with van der Waals surface area (Å²) in [5.74, 6) is 1.25. The molecule has 1 aromatic heterocycles. The lowest BCUT2D eigenvalue weighted by atomic mass is 9.98. The van der Waals surface area contributed by atoms with E-state index in [0.29, 0.717) is 30.4 Å². The molecule has 166 valence electrons. The van der Waals surface area contributed by atoms with Gasteiger partial charge in [0.2, 0.25) is 10.0 Å². The Balaban J connectivity index is 0.00000320. The van der Waals surface area contributed by atoms with Crippen LogP contribution in [0.2, 0.25) is 0 Å². The monoisotopic (exact) mass is 562 g/mol. The smallest absolute Gasteiger partial charge is 0.243 e. The molecule has 2 aromatic rings.